The summed E-state index contributed by atoms with van der Waals surface area (Å²) in [5.74, 6) is 0. The van der Waals surface area contributed by atoms with Gasteiger partial charge >= 0.3 is 7.60 Å². The predicted octanol–water partition coefficient (Wildman–Crippen LogP) is 5.08. The number of rotatable bonds is 9. The predicted molar refractivity (Wildman–Crippen MR) is 111 cm³/mol. The number of hydrogen-bond acceptors (Lipinski definition) is 5. The Balaban J connectivity index is 2.74. The van der Waals surface area contributed by atoms with Crippen LogP contribution in [0.1, 0.15) is 19.4 Å². The van der Waals surface area contributed by atoms with Crippen molar-refractivity contribution in [3.05, 3.63) is 77.9 Å². The van der Waals surface area contributed by atoms with Gasteiger partial charge in [0.2, 0.25) is 0 Å². The second-order valence-corrected chi connectivity index (χ2v) is 9.47. The summed E-state index contributed by atoms with van der Waals surface area (Å²) in [4.78, 5) is 0.0363. The Morgan fingerprint density at radius 1 is 1.04 bits per heavy atom. The second-order valence-electron chi connectivity index (χ2n) is 5.75. The van der Waals surface area contributed by atoms with Gasteiger partial charge in [0.05, 0.1) is 23.8 Å². The Morgan fingerprint density at radius 3 is 2.04 bits per heavy atom. The smallest absolute Gasteiger partial charge is 0.304 e. The van der Waals surface area contributed by atoms with Crippen LogP contribution < -0.4 is 4.31 Å². The maximum absolute atomic E-state index is 13.5. The van der Waals surface area contributed by atoms with Crippen LogP contribution >= 0.6 is 7.60 Å². The van der Waals surface area contributed by atoms with Crippen molar-refractivity contribution in [1.82, 2.24) is 0 Å². The van der Waals surface area contributed by atoms with Gasteiger partial charge < -0.3 is 9.05 Å². The summed E-state index contributed by atoms with van der Waals surface area (Å²) in [5.41, 5.74) is 3.41. The van der Waals surface area contributed by atoms with E-state index in [1.807, 2.05) is 6.92 Å². The van der Waals surface area contributed by atoms with Crippen molar-refractivity contribution in [2.75, 3.05) is 17.5 Å². The van der Waals surface area contributed by atoms with Crippen LogP contribution in [0.5, 0.6) is 0 Å². The zero-order chi connectivity index (χ0) is 20.8. The van der Waals surface area contributed by atoms with E-state index in [1.165, 1.54) is 12.1 Å². The molecule has 8 heteroatoms. The van der Waals surface area contributed by atoms with Gasteiger partial charge in [0, 0.05) is 0 Å². The van der Waals surface area contributed by atoms with Gasteiger partial charge in [0.1, 0.15) is 0 Å². The molecule has 0 atom stereocenters. The van der Waals surface area contributed by atoms with Gasteiger partial charge in [-0.05, 0) is 45.0 Å². The lowest BCUT2D eigenvalue weighted by Crippen LogP contribution is -2.31. The lowest BCUT2D eigenvalue weighted by Gasteiger charge is -2.29. The van der Waals surface area contributed by atoms with Crippen molar-refractivity contribution in [3.8, 4) is 0 Å². The minimum Gasteiger partial charge on any atom is -0.304 e. The SMILES string of the molecule is C=C=C(N(c1ccccc1)S(=O)(=O)c1ccc(C)cc1)P(=O)(OCC)OCC. The Hall–Kier alpha value is -2.14. The molecule has 0 aromatic heterocycles. The van der Waals surface area contributed by atoms with Gasteiger partial charge in [-0.25, -0.2) is 12.7 Å². The first-order valence-corrected chi connectivity index (χ1v) is 11.7. The van der Waals surface area contributed by atoms with E-state index in [0.29, 0.717) is 0 Å². The molecule has 0 spiro atoms. The monoisotopic (exact) mass is 421 g/mol. The molecule has 2 rings (SSSR count). The molecule has 0 saturated heterocycles. The first-order chi connectivity index (χ1) is 13.3. The zero-order valence-electron chi connectivity index (χ0n) is 16.2. The van der Waals surface area contributed by atoms with Gasteiger partial charge in [-0.15, -0.1) is 0 Å². The number of aryl methyl sites for hydroxylation is 1. The average Bonchev–Trinajstić information content (AvgIpc) is 2.67. The summed E-state index contributed by atoms with van der Waals surface area (Å²) in [6.07, 6.45) is 0. The number of benzene rings is 2. The molecule has 0 aliphatic heterocycles. The maximum Gasteiger partial charge on any atom is 0.386 e. The van der Waals surface area contributed by atoms with E-state index >= 15 is 0 Å². The van der Waals surface area contributed by atoms with Crippen LogP contribution in [0.2, 0.25) is 0 Å². The van der Waals surface area contributed by atoms with Gasteiger partial charge in [0.25, 0.3) is 10.0 Å². The fourth-order valence-electron chi connectivity index (χ4n) is 2.53. The molecule has 0 amide bonds. The van der Waals surface area contributed by atoms with E-state index in [0.717, 1.165) is 9.87 Å². The van der Waals surface area contributed by atoms with Gasteiger partial charge in [0.15, 0.2) is 5.44 Å². The van der Waals surface area contributed by atoms with Crippen LogP contribution in [-0.2, 0) is 23.6 Å². The molecule has 0 N–H and O–H groups in total. The Morgan fingerprint density at radius 2 is 1.57 bits per heavy atom. The minimum atomic E-state index is -4.14. The molecule has 2 aromatic carbocycles. The molecule has 0 aliphatic rings. The number of para-hydroxylation sites is 1. The molecule has 150 valence electrons. The Kier molecular flexibility index (Phi) is 7.41. The van der Waals surface area contributed by atoms with Crippen LogP contribution in [0.3, 0.4) is 0 Å². The summed E-state index contributed by atoms with van der Waals surface area (Å²) in [6, 6.07) is 14.7. The normalized spacial score (nSPS) is 11.7. The topological polar surface area (TPSA) is 72.9 Å². The van der Waals surface area contributed by atoms with Crippen molar-refractivity contribution in [2.45, 2.75) is 25.7 Å². The molecule has 28 heavy (non-hydrogen) atoms. The van der Waals surface area contributed by atoms with Crippen LogP contribution in [0.4, 0.5) is 5.69 Å². The standard InChI is InChI=1S/C20H24NO5PS/c1-5-20(27(22,25-6-2)26-7-3)21(18-11-9-8-10-12-18)28(23,24)19-15-13-17(4)14-16-19/h8-16H,1,6-7H2,2-4H3. The van der Waals surface area contributed by atoms with Gasteiger partial charge in [-0.2, -0.15) is 0 Å². The highest BCUT2D eigenvalue weighted by Crippen LogP contribution is 2.58. The number of nitrogens with zero attached hydrogens (tertiary/aromatic N) is 1. The number of sulfonamides is 1. The largest absolute Gasteiger partial charge is 0.386 e. The fraction of sp³-hybridized carbons (Fsp3) is 0.250. The lowest BCUT2D eigenvalue weighted by molar-refractivity contribution is 0.226. The van der Waals surface area contributed by atoms with E-state index < -0.39 is 17.6 Å². The van der Waals surface area contributed by atoms with Crippen LogP contribution in [-0.4, -0.2) is 21.6 Å². The van der Waals surface area contributed by atoms with E-state index in [1.54, 1.807) is 56.3 Å². The van der Waals surface area contributed by atoms with Crippen LogP contribution in [0, 0.1) is 6.92 Å². The fourth-order valence-corrected chi connectivity index (χ4v) is 6.07. The van der Waals surface area contributed by atoms with E-state index in [-0.39, 0.29) is 29.2 Å². The highest BCUT2D eigenvalue weighted by Gasteiger charge is 2.41. The number of hydrogen-bond donors (Lipinski definition) is 0. The summed E-state index contributed by atoms with van der Waals surface area (Å²) in [7, 11) is -8.13. The van der Waals surface area contributed by atoms with E-state index in [9.17, 15) is 13.0 Å². The van der Waals surface area contributed by atoms with Crippen molar-refractivity contribution in [2.24, 2.45) is 0 Å². The molecule has 0 unspecified atom stereocenters. The second kappa shape index (κ2) is 9.37. The average molecular weight is 421 g/mol. The number of anilines is 1. The third-order valence-electron chi connectivity index (χ3n) is 3.76. The minimum absolute atomic E-state index is 0.0363. The quantitative estimate of drug-likeness (QED) is 0.417. The zero-order valence-corrected chi connectivity index (χ0v) is 17.9. The lowest BCUT2D eigenvalue weighted by atomic mass is 10.2. The molecule has 0 saturated carbocycles. The summed E-state index contributed by atoms with van der Waals surface area (Å²) in [5, 5.41) is 0. The third kappa shape index (κ3) is 4.64. The van der Waals surface area contributed by atoms with Gasteiger partial charge in [-0.3, -0.25) is 4.57 Å². The van der Waals surface area contributed by atoms with Crippen molar-refractivity contribution in [3.63, 3.8) is 0 Å². The Labute approximate surface area is 166 Å². The third-order valence-corrected chi connectivity index (χ3v) is 7.71. The van der Waals surface area contributed by atoms with Crippen LogP contribution in [0.15, 0.2) is 77.2 Å². The summed E-state index contributed by atoms with van der Waals surface area (Å²) >= 11 is 0. The highest BCUT2D eigenvalue weighted by atomic mass is 32.2. The van der Waals surface area contributed by atoms with Crippen molar-refractivity contribution < 1.29 is 22.0 Å². The maximum atomic E-state index is 13.5. The molecular weight excluding hydrogens is 397 g/mol. The van der Waals surface area contributed by atoms with Crippen molar-refractivity contribution in [1.29, 1.82) is 0 Å². The van der Waals surface area contributed by atoms with E-state index in [4.69, 9.17) is 9.05 Å². The molecule has 0 fully saturated rings. The molecule has 0 radical (unpaired) electrons. The summed E-state index contributed by atoms with van der Waals surface area (Å²) in [6.45, 7) is 8.84. The van der Waals surface area contributed by atoms with E-state index in [2.05, 4.69) is 12.3 Å². The summed E-state index contributed by atoms with van der Waals surface area (Å²) < 4.78 is 52.1. The first kappa shape index (κ1) is 22.2. The molecule has 6 nitrogen and oxygen atoms in total. The molecule has 0 bridgehead atoms. The molecule has 0 aliphatic carbocycles. The van der Waals surface area contributed by atoms with Gasteiger partial charge in [-0.1, -0.05) is 48.2 Å². The molecular formula is C20H24NO5PS. The molecule has 0 heterocycles. The highest BCUT2D eigenvalue weighted by molar-refractivity contribution is 7.93. The van der Waals surface area contributed by atoms with Crippen LogP contribution in [0.25, 0.3) is 0 Å². The first-order valence-electron chi connectivity index (χ1n) is 8.77. The van der Waals surface area contributed by atoms with Crippen molar-refractivity contribution >= 4 is 23.3 Å². The molecule has 2 aromatic rings. The Bertz CT molecular complexity index is 987.